The molecule has 0 aliphatic carbocycles. The molecule has 1 rings (SSSR count). The molecule has 14 heavy (non-hydrogen) atoms. The van der Waals surface area contributed by atoms with E-state index in [1.807, 2.05) is 6.92 Å². The number of aliphatic carboxylic acids is 1. The van der Waals surface area contributed by atoms with Gasteiger partial charge in [-0.15, -0.1) is 0 Å². The molecular weight excluding hydrogens is 182 g/mol. The van der Waals surface area contributed by atoms with E-state index in [9.17, 15) is 4.79 Å². The highest BCUT2D eigenvalue weighted by molar-refractivity contribution is 5.73. The molecule has 1 heterocycles. The van der Waals surface area contributed by atoms with Gasteiger partial charge in [0.15, 0.2) is 0 Å². The molecule has 0 aromatic heterocycles. The topological polar surface area (TPSA) is 49.8 Å². The van der Waals surface area contributed by atoms with Crippen LogP contribution in [0.15, 0.2) is 0 Å². The third kappa shape index (κ3) is 2.45. The first kappa shape index (κ1) is 11.5. The third-order valence-electron chi connectivity index (χ3n) is 2.85. The summed E-state index contributed by atoms with van der Waals surface area (Å²) in [5.74, 6) is -0.712. The van der Waals surface area contributed by atoms with Crippen molar-refractivity contribution in [3.8, 4) is 0 Å². The third-order valence-corrected chi connectivity index (χ3v) is 2.85. The number of carboxylic acids is 1. The monoisotopic (exact) mass is 201 g/mol. The summed E-state index contributed by atoms with van der Waals surface area (Å²) >= 11 is 0. The van der Waals surface area contributed by atoms with Gasteiger partial charge in [-0.2, -0.15) is 0 Å². The number of hydrogen-bond acceptors (Lipinski definition) is 3. The first-order valence-corrected chi connectivity index (χ1v) is 5.18. The number of nitrogens with zero attached hydrogens (tertiary/aromatic N) is 1. The largest absolute Gasteiger partial charge is 0.480 e. The summed E-state index contributed by atoms with van der Waals surface area (Å²) in [6.07, 6.45) is 2.80. The van der Waals surface area contributed by atoms with Crippen LogP contribution in [0, 0.1) is 0 Å². The van der Waals surface area contributed by atoms with Gasteiger partial charge in [-0.3, -0.25) is 9.69 Å². The summed E-state index contributed by atoms with van der Waals surface area (Å²) in [4.78, 5) is 13.0. The summed E-state index contributed by atoms with van der Waals surface area (Å²) in [6.45, 7) is 3.45. The summed E-state index contributed by atoms with van der Waals surface area (Å²) in [7, 11) is 1.66. The smallest absolute Gasteiger partial charge is 0.320 e. The van der Waals surface area contributed by atoms with Gasteiger partial charge in [0, 0.05) is 13.2 Å². The minimum absolute atomic E-state index is 0.293. The Labute approximate surface area is 84.8 Å². The van der Waals surface area contributed by atoms with Crippen molar-refractivity contribution in [1.82, 2.24) is 4.90 Å². The zero-order chi connectivity index (χ0) is 10.6. The Bertz CT molecular complexity index is 196. The van der Waals surface area contributed by atoms with Crippen LogP contribution in [0.5, 0.6) is 0 Å². The molecule has 0 unspecified atom stereocenters. The van der Waals surface area contributed by atoms with Crippen molar-refractivity contribution < 1.29 is 14.6 Å². The number of methoxy groups -OCH3 is 1. The van der Waals surface area contributed by atoms with Crippen molar-refractivity contribution in [3.63, 3.8) is 0 Å². The minimum Gasteiger partial charge on any atom is -0.480 e. The second kappa shape index (κ2) is 5.32. The summed E-state index contributed by atoms with van der Waals surface area (Å²) < 4.78 is 5.10. The zero-order valence-corrected chi connectivity index (χ0v) is 8.90. The van der Waals surface area contributed by atoms with Crippen molar-refractivity contribution in [1.29, 1.82) is 0 Å². The lowest BCUT2D eigenvalue weighted by atomic mass is 10.1. The second-order valence-electron chi connectivity index (χ2n) is 3.75. The number of carbonyl (C=O) groups is 1. The fourth-order valence-electron chi connectivity index (χ4n) is 2.19. The molecule has 1 aliphatic heterocycles. The highest BCUT2D eigenvalue weighted by atomic mass is 16.5. The van der Waals surface area contributed by atoms with Crippen LogP contribution < -0.4 is 0 Å². The molecule has 0 saturated carbocycles. The van der Waals surface area contributed by atoms with E-state index < -0.39 is 5.97 Å². The van der Waals surface area contributed by atoms with Crippen molar-refractivity contribution in [2.75, 3.05) is 20.3 Å². The molecule has 1 N–H and O–H groups in total. The maximum atomic E-state index is 11.0. The first-order valence-electron chi connectivity index (χ1n) is 5.18. The molecule has 0 bridgehead atoms. The van der Waals surface area contributed by atoms with Crippen LogP contribution in [-0.2, 0) is 9.53 Å². The molecule has 1 aliphatic rings. The summed E-state index contributed by atoms with van der Waals surface area (Å²) in [5, 5.41) is 9.04. The maximum absolute atomic E-state index is 11.0. The Balaban J connectivity index is 2.59. The van der Waals surface area contributed by atoms with Crippen LogP contribution in [0.25, 0.3) is 0 Å². The Morgan fingerprint density at radius 1 is 1.71 bits per heavy atom. The lowest BCUT2D eigenvalue weighted by Crippen LogP contribution is -2.45. The predicted molar refractivity (Wildman–Crippen MR) is 53.3 cm³/mol. The Kier molecular flexibility index (Phi) is 4.35. The molecule has 82 valence electrons. The van der Waals surface area contributed by atoms with Crippen molar-refractivity contribution >= 4 is 5.97 Å². The quantitative estimate of drug-likeness (QED) is 0.719. The number of likely N-dealkylation sites (tertiary alicyclic amines) is 1. The number of hydrogen-bond donors (Lipinski definition) is 1. The minimum atomic E-state index is -0.712. The highest BCUT2D eigenvalue weighted by Gasteiger charge is 2.33. The van der Waals surface area contributed by atoms with E-state index in [0.29, 0.717) is 19.1 Å². The fraction of sp³-hybridized carbons (Fsp3) is 0.900. The lowest BCUT2D eigenvalue weighted by Gasteiger charge is -2.29. The fourth-order valence-corrected chi connectivity index (χ4v) is 2.19. The van der Waals surface area contributed by atoms with Gasteiger partial charge in [-0.05, 0) is 25.8 Å². The molecule has 1 saturated heterocycles. The van der Waals surface area contributed by atoms with Crippen LogP contribution in [0.2, 0.25) is 0 Å². The number of ether oxygens (including phenoxy) is 1. The van der Waals surface area contributed by atoms with E-state index >= 15 is 0 Å². The molecule has 2 atom stereocenters. The second-order valence-corrected chi connectivity index (χ2v) is 3.75. The van der Waals surface area contributed by atoms with Crippen LogP contribution >= 0.6 is 0 Å². The standard InChI is InChI=1S/C10H19NO3/c1-3-9(10(12)13)11-6-4-5-8(11)7-14-2/h8-9H,3-7H2,1-2H3,(H,12,13)/t8-,9+/m0/s1. The molecule has 4 nitrogen and oxygen atoms in total. The van der Waals surface area contributed by atoms with Crippen molar-refractivity contribution in [2.45, 2.75) is 38.3 Å². The Morgan fingerprint density at radius 2 is 2.43 bits per heavy atom. The van der Waals surface area contributed by atoms with Crippen molar-refractivity contribution in [3.05, 3.63) is 0 Å². The number of carboxylic acid groups (broad SMARTS) is 1. The van der Waals surface area contributed by atoms with E-state index in [2.05, 4.69) is 4.90 Å². The molecule has 4 heteroatoms. The van der Waals surface area contributed by atoms with Gasteiger partial charge in [0.25, 0.3) is 0 Å². The van der Waals surface area contributed by atoms with Gasteiger partial charge in [0.2, 0.25) is 0 Å². The average molecular weight is 201 g/mol. The van der Waals surface area contributed by atoms with Gasteiger partial charge < -0.3 is 9.84 Å². The number of rotatable bonds is 5. The first-order chi connectivity index (χ1) is 6.70. The normalized spacial score (nSPS) is 25.1. The van der Waals surface area contributed by atoms with Crippen LogP contribution in [0.3, 0.4) is 0 Å². The summed E-state index contributed by atoms with van der Waals surface area (Å²) in [5.41, 5.74) is 0. The Hall–Kier alpha value is -0.610. The molecule has 1 fully saturated rings. The van der Waals surface area contributed by atoms with Crippen LogP contribution in [0.4, 0.5) is 0 Å². The molecule has 0 amide bonds. The summed E-state index contributed by atoms with van der Waals surface area (Å²) in [6, 6.07) is -0.0429. The molecule has 0 spiro atoms. The molecular formula is C10H19NO3. The van der Waals surface area contributed by atoms with Gasteiger partial charge in [-0.25, -0.2) is 0 Å². The predicted octanol–water partition coefficient (Wildman–Crippen LogP) is 0.960. The van der Waals surface area contributed by atoms with Crippen molar-refractivity contribution in [2.24, 2.45) is 0 Å². The lowest BCUT2D eigenvalue weighted by molar-refractivity contribution is -0.144. The van der Waals surface area contributed by atoms with E-state index in [1.54, 1.807) is 7.11 Å². The van der Waals surface area contributed by atoms with E-state index in [-0.39, 0.29) is 6.04 Å². The highest BCUT2D eigenvalue weighted by Crippen LogP contribution is 2.21. The van der Waals surface area contributed by atoms with Gasteiger partial charge in [0.05, 0.1) is 6.61 Å². The van der Waals surface area contributed by atoms with Gasteiger partial charge in [-0.1, -0.05) is 6.92 Å². The Morgan fingerprint density at radius 3 is 2.93 bits per heavy atom. The molecule has 0 aromatic rings. The molecule has 0 aromatic carbocycles. The zero-order valence-electron chi connectivity index (χ0n) is 8.90. The van der Waals surface area contributed by atoms with Gasteiger partial charge >= 0.3 is 5.97 Å². The molecule has 0 radical (unpaired) electrons. The van der Waals surface area contributed by atoms with Crippen LogP contribution in [-0.4, -0.2) is 48.3 Å². The maximum Gasteiger partial charge on any atom is 0.320 e. The van der Waals surface area contributed by atoms with Gasteiger partial charge in [0.1, 0.15) is 6.04 Å². The van der Waals surface area contributed by atoms with E-state index in [4.69, 9.17) is 9.84 Å². The van der Waals surface area contributed by atoms with Crippen LogP contribution in [0.1, 0.15) is 26.2 Å². The van der Waals surface area contributed by atoms with E-state index in [0.717, 1.165) is 19.4 Å². The SMILES string of the molecule is CC[C@H](C(=O)O)N1CCC[C@H]1COC. The van der Waals surface area contributed by atoms with E-state index in [1.165, 1.54) is 0 Å². The average Bonchev–Trinajstić information content (AvgIpc) is 2.55.